The summed E-state index contributed by atoms with van der Waals surface area (Å²) < 4.78 is 32.5. The number of rotatable bonds is 8. The van der Waals surface area contributed by atoms with Crippen LogP contribution in [-0.2, 0) is 16.3 Å². The van der Waals surface area contributed by atoms with Crippen molar-refractivity contribution in [3.05, 3.63) is 94.9 Å². The topological polar surface area (TPSA) is 98.5 Å². The van der Waals surface area contributed by atoms with Crippen LogP contribution in [0.3, 0.4) is 0 Å². The standard InChI is InChI=1S/C26H24N2O4S2/c1-3-17-10-7-8-15-21(17)28-26-25(34(30,31)20-13-5-4-6-14-20)22(27)24(33-26)23(29)18-11-9-12-19(16-18)32-2/h4-16,28H,3,27H2,1-2H3. The van der Waals surface area contributed by atoms with Gasteiger partial charge >= 0.3 is 0 Å². The number of thiophene rings is 1. The van der Waals surface area contributed by atoms with Gasteiger partial charge in [0, 0.05) is 11.3 Å². The Kier molecular flexibility index (Phi) is 6.72. The molecule has 0 spiro atoms. The summed E-state index contributed by atoms with van der Waals surface area (Å²) in [6, 6.07) is 22.4. The number of hydrogen-bond donors (Lipinski definition) is 2. The van der Waals surface area contributed by atoms with Gasteiger partial charge in [0.05, 0.1) is 17.7 Å². The van der Waals surface area contributed by atoms with E-state index in [4.69, 9.17) is 10.5 Å². The molecule has 3 aromatic carbocycles. The van der Waals surface area contributed by atoms with Gasteiger partial charge in [0.25, 0.3) is 0 Å². The van der Waals surface area contributed by atoms with Crippen molar-refractivity contribution < 1.29 is 17.9 Å². The van der Waals surface area contributed by atoms with Crippen LogP contribution in [0.1, 0.15) is 27.7 Å². The Labute approximate surface area is 202 Å². The highest BCUT2D eigenvalue weighted by atomic mass is 32.2. The molecule has 0 fully saturated rings. The van der Waals surface area contributed by atoms with Gasteiger partial charge in [-0.15, -0.1) is 11.3 Å². The highest BCUT2D eigenvalue weighted by Crippen LogP contribution is 2.44. The quantitative estimate of drug-likeness (QED) is 0.306. The number of aryl methyl sites for hydroxylation is 1. The SMILES string of the molecule is CCc1ccccc1Nc1sc(C(=O)c2cccc(OC)c2)c(N)c1S(=O)(=O)c1ccccc1. The van der Waals surface area contributed by atoms with Gasteiger partial charge in [-0.25, -0.2) is 8.42 Å². The molecule has 0 aliphatic heterocycles. The number of nitrogen functional groups attached to an aromatic ring is 1. The Hall–Kier alpha value is -3.62. The second-order valence-electron chi connectivity index (χ2n) is 7.52. The summed E-state index contributed by atoms with van der Waals surface area (Å²) in [4.78, 5) is 13.6. The Morgan fingerprint density at radius 2 is 1.71 bits per heavy atom. The van der Waals surface area contributed by atoms with Gasteiger partial charge in [-0.3, -0.25) is 4.79 Å². The fraction of sp³-hybridized carbons (Fsp3) is 0.115. The number of anilines is 3. The van der Waals surface area contributed by atoms with Gasteiger partial charge in [0.2, 0.25) is 15.6 Å². The van der Waals surface area contributed by atoms with Crippen molar-refractivity contribution in [1.29, 1.82) is 0 Å². The van der Waals surface area contributed by atoms with Gasteiger partial charge in [0.15, 0.2) is 0 Å². The van der Waals surface area contributed by atoms with Crippen molar-refractivity contribution in [2.75, 3.05) is 18.2 Å². The lowest BCUT2D eigenvalue weighted by Crippen LogP contribution is -2.08. The fourth-order valence-corrected chi connectivity index (χ4v) is 6.58. The van der Waals surface area contributed by atoms with Crippen molar-refractivity contribution in [1.82, 2.24) is 0 Å². The Morgan fingerprint density at radius 3 is 2.41 bits per heavy atom. The first-order valence-corrected chi connectivity index (χ1v) is 12.9. The summed E-state index contributed by atoms with van der Waals surface area (Å²) in [7, 11) is -2.49. The Balaban J connectivity index is 1.90. The van der Waals surface area contributed by atoms with E-state index in [0.717, 1.165) is 29.0 Å². The van der Waals surface area contributed by atoms with Gasteiger partial charge in [-0.05, 0) is 42.3 Å². The molecule has 1 heterocycles. The molecule has 0 aliphatic rings. The number of carbonyl (C=O) groups is 1. The van der Waals surface area contributed by atoms with E-state index in [-0.39, 0.29) is 26.1 Å². The van der Waals surface area contributed by atoms with Crippen LogP contribution in [0.15, 0.2) is 88.7 Å². The number of sulfone groups is 1. The first kappa shape index (κ1) is 23.5. The minimum absolute atomic E-state index is 0.0712. The normalized spacial score (nSPS) is 11.2. The second-order valence-corrected chi connectivity index (χ2v) is 10.4. The molecule has 0 bridgehead atoms. The van der Waals surface area contributed by atoms with Gasteiger partial charge in [-0.2, -0.15) is 0 Å². The summed E-state index contributed by atoms with van der Waals surface area (Å²) in [5, 5.41) is 3.54. The number of para-hydroxylation sites is 1. The van der Waals surface area contributed by atoms with E-state index in [1.165, 1.54) is 19.2 Å². The summed E-state index contributed by atoms with van der Waals surface area (Å²) in [6.45, 7) is 2.02. The first-order chi connectivity index (χ1) is 16.4. The van der Waals surface area contributed by atoms with Crippen molar-refractivity contribution >= 4 is 43.3 Å². The number of hydrogen-bond acceptors (Lipinski definition) is 7. The maximum absolute atomic E-state index is 13.6. The predicted octanol–water partition coefficient (Wildman–Crippen LogP) is 5.71. The number of carbonyl (C=O) groups excluding carboxylic acids is 1. The number of nitrogens with two attached hydrogens (primary N) is 1. The maximum Gasteiger partial charge on any atom is 0.211 e. The van der Waals surface area contributed by atoms with E-state index in [2.05, 4.69) is 5.32 Å². The Bertz CT molecular complexity index is 1440. The maximum atomic E-state index is 13.6. The highest BCUT2D eigenvalue weighted by molar-refractivity contribution is 7.92. The average Bonchev–Trinajstić information content (AvgIpc) is 3.20. The van der Waals surface area contributed by atoms with Crippen LogP contribution in [0.4, 0.5) is 16.4 Å². The molecule has 0 saturated heterocycles. The van der Waals surface area contributed by atoms with Crippen LogP contribution in [0.25, 0.3) is 0 Å². The summed E-state index contributed by atoms with van der Waals surface area (Å²) >= 11 is 1.03. The van der Waals surface area contributed by atoms with Crippen LogP contribution in [0.2, 0.25) is 0 Å². The highest BCUT2D eigenvalue weighted by Gasteiger charge is 2.32. The van der Waals surface area contributed by atoms with Crippen molar-refractivity contribution in [2.24, 2.45) is 0 Å². The lowest BCUT2D eigenvalue weighted by molar-refractivity contribution is 0.104. The number of methoxy groups -OCH3 is 1. The number of ketones is 1. The molecule has 1 aromatic heterocycles. The zero-order valence-corrected chi connectivity index (χ0v) is 20.4. The number of benzene rings is 3. The first-order valence-electron chi connectivity index (χ1n) is 10.6. The Morgan fingerprint density at radius 1 is 1.00 bits per heavy atom. The number of ether oxygens (including phenoxy) is 1. The molecule has 8 heteroatoms. The zero-order valence-electron chi connectivity index (χ0n) is 18.7. The molecule has 3 N–H and O–H groups in total. The van der Waals surface area contributed by atoms with Gasteiger partial charge in [0.1, 0.15) is 20.5 Å². The molecule has 0 amide bonds. The van der Waals surface area contributed by atoms with Crippen LogP contribution < -0.4 is 15.8 Å². The van der Waals surface area contributed by atoms with Crippen LogP contribution in [0, 0.1) is 0 Å². The monoisotopic (exact) mass is 492 g/mol. The van der Waals surface area contributed by atoms with Crippen molar-refractivity contribution in [3.8, 4) is 5.75 Å². The van der Waals surface area contributed by atoms with Crippen LogP contribution in [-0.4, -0.2) is 21.3 Å². The molecule has 34 heavy (non-hydrogen) atoms. The lowest BCUT2D eigenvalue weighted by Gasteiger charge is -2.12. The lowest BCUT2D eigenvalue weighted by atomic mass is 10.1. The van der Waals surface area contributed by atoms with Gasteiger partial charge in [-0.1, -0.05) is 55.5 Å². The van der Waals surface area contributed by atoms with E-state index in [1.807, 2.05) is 31.2 Å². The van der Waals surface area contributed by atoms with E-state index in [1.54, 1.807) is 42.5 Å². The molecule has 0 radical (unpaired) electrons. The minimum Gasteiger partial charge on any atom is -0.497 e. The van der Waals surface area contributed by atoms with Gasteiger partial charge < -0.3 is 15.8 Å². The molecule has 0 aliphatic carbocycles. The smallest absolute Gasteiger partial charge is 0.211 e. The zero-order chi connectivity index (χ0) is 24.3. The third-order valence-electron chi connectivity index (χ3n) is 5.41. The largest absolute Gasteiger partial charge is 0.497 e. The van der Waals surface area contributed by atoms with E-state index in [0.29, 0.717) is 16.3 Å². The third-order valence-corrected chi connectivity index (χ3v) is 8.51. The number of nitrogens with one attached hydrogen (secondary N) is 1. The van der Waals surface area contributed by atoms with Crippen molar-refractivity contribution in [3.63, 3.8) is 0 Å². The molecule has 4 rings (SSSR count). The molecule has 0 unspecified atom stereocenters. The molecular formula is C26H24N2O4S2. The van der Waals surface area contributed by atoms with Crippen molar-refractivity contribution in [2.45, 2.75) is 23.1 Å². The van der Waals surface area contributed by atoms with E-state index < -0.39 is 9.84 Å². The second kappa shape index (κ2) is 9.70. The predicted molar refractivity (Wildman–Crippen MR) is 136 cm³/mol. The third kappa shape index (κ3) is 4.42. The molecule has 4 aromatic rings. The van der Waals surface area contributed by atoms with Crippen LogP contribution >= 0.6 is 11.3 Å². The summed E-state index contributed by atoms with van der Waals surface area (Å²) in [5.41, 5.74) is 8.46. The summed E-state index contributed by atoms with van der Waals surface area (Å²) in [5.74, 6) is 0.149. The van der Waals surface area contributed by atoms with E-state index in [9.17, 15) is 13.2 Å². The molecular weight excluding hydrogens is 468 g/mol. The average molecular weight is 493 g/mol. The fourth-order valence-electron chi connectivity index (χ4n) is 3.63. The summed E-state index contributed by atoms with van der Waals surface area (Å²) in [6.07, 6.45) is 0.750. The molecule has 174 valence electrons. The molecule has 0 saturated carbocycles. The minimum atomic E-state index is -4.00. The van der Waals surface area contributed by atoms with E-state index >= 15 is 0 Å². The molecule has 6 nitrogen and oxygen atoms in total. The van der Waals surface area contributed by atoms with Crippen LogP contribution in [0.5, 0.6) is 5.75 Å². The molecule has 0 atom stereocenters.